The molecule has 0 amide bonds. The second kappa shape index (κ2) is 7.72. The lowest BCUT2D eigenvalue weighted by Gasteiger charge is -2.18. The summed E-state index contributed by atoms with van der Waals surface area (Å²) in [5.41, 5.74) is 6.08. The van der Waals surface area contributed by atoms with Crippen molar-refractivity contribution in [2.45, 2.75) is 32.9 Å². The number of nitrogens with two attached hydrogens (primary N) is 1. The van der Waals surface area contributed by atoms with E-state index >= 15 is 0 Å². The first kappa shape index (κ1) is 15.4. The van der Waals surface area contributed by atoms with Crippen molar-refractivity contribution in [2.75, 3.05) is 13.1 Å². The first-order valence-corrected chi connectivity index (χ1v) is 6.42. The van der Waals surface area contributed by atoms with E-state index < -0.39 is 5.82 Å². The van der Waals surface area contributed by atoms with E-state index in [1.807, 2.05) is 19.9 Å². The third-order valence-electron chi connectivity index (χ3n) is 2.78. The number of hydrogen-bond donors (Lipinski definition) is 2. The van der Waals surface area contributed by atoms with Gasteiger partial charge in [0.2, 0.25) is 0 Å². The third kappa shape index (κ3) is 4.19. The Morgan fingerprint density at radius 1 is 1.53 bits per heavy atom. The van der Waals surface area contributed by atoms with Gasteiger partial charge >= 0.3 is 0 Å². The maximum Gasteiger partial charge on any atom is 0.141 e. The van der Waals surface area contributed by atoms with Crippen LogP contribution in [0.5, 0.6) is 5.75 Å². The summed E-state index contributed by atoms with van der Waals surface area (Å²) >= 11 is 0. The zero-order chi connectivity index (χ0) is 14.3. The van der Waals surface area contributed by atoms with E-state index in [0.29, 0.717) is 30.8 Å². The van der Waals surface area contributed by atoms with Crippen LogP contribution in [0.25, 0.3) is 0 Å². The maximum atomic E-state index is 13.6. The molecule has 1 rings (SSSR count). The van der Waals surface area contributed by atoms with E-state index in [0.717, 1.165) is 6.54 Å². The smallest absolute Gasteiger partial charge is 0.141 e. The first-order valence-electron chi connectivity index (χ1n) is 6.42. The molecule has 0 saturated heterocycles. The molecule has 0 spiro atoms. The molecule has 0 unspecified atom stereocenters. The Labute approximate surface area is 113 Å². The highest BCUT2D eigenvalue weighted by molar-refractivity contribution is 5.47. The van der Waals surface area contributed by atoms with Gasteiger partial charge in [-0.05, 0) is 38.6 Å². The molecule has 4 nitrogen and oxygen atoms in total. The van der Waals surface area contributed by atoms with E-state index in [-0.39, 0.29) is 11.7 Å². The van der Waals surface area contributed by atoms with Gasteiger partial charge in [0.1, 0.15) is 17.6 Å². The Hall–Kier alpha value is -1.64. The Balaban J connectivity index is 3.05. The molecular formula is C14H20FN3O. The van der Waals surface area contributed by atoms with Crippen LogP contribution in [0.1, 0.15) is 31.4 Å². The van der Waals surface area contributed by atoms with Gasteiger partial charge in [-0.2, -0.15) is 5.26 Å². The van der Waals surface area contributed by atoms with E-state index in [1.54, 1.807) is 6.07 Å². The van der Waals surface area contributed by atoms with Gasteiger partial charge in [0, 0.05) is 12.1 Å². The van der Waals surface area contributed by atoms with Crippen LogP contribution in [0.15, 0.2) is 12.1 Å². The zero-order valence-corrected chi connectivity index (χ0v) is 11.4. The van der Waals surface area contributed by atoms with Crippen molar-refractivity contribution in [1.29, 1.82) is 5.26 Å². The molecule has 1 aromatic rings. The number of benzene rings is 1. The van der Waals surface area contributed by atoms with Gasteiger partial charge in [0.15, 0.2) is 0 Å². The maximum absolute atomic E-state index is 13.6. The van der Waals surface area contributed by atoms with Gasteiger partial charge < -0.3 is 15.8 Å². The second-order valence-corrected chi connectivity index (χ2v) is 4.30. The minimum atomic E-state index is -0.519. The van der Waals surface area contributed by atoms with Crippen LogP contribution in [0.4, 0.5) is 4.39 Å². The fraction of sp³-hybridized carbons (Fsp3) is 0.500. The number of hydrogen-bond acceptors (Lipinski definition) is 4. The van der Waals surface area contributed by atoms with Crippen LogP contribution in [-0.2, 0) is 6.54 Å². The van der Waals surface area contributed by atoms with Crippen molar-refractivity contribution in [3.63, 3.8) is 0 Å². The minimum absolute atomic E-state index is 0.0402. The Morgan fingerprint density at radius 2 is 2.26 bits per heavy atom. The van der Waals surface area contributed by atoms with Gasteiger partial charge in [0.05, 0.1) is 11.7 Å². The number of rotatable bonds is 7. The predicted molar refractivity (Wildman–Crippen MR) is 72.3 cm³/mol. The molecule has 0 radical (unpaired) electrons. The Bertz CT molecular complexity index is 457. The van der Waals surface area contributed by atoms with Crippen LogP contribution in [0.2, 0.25) is 0 Å². The number of nitriles is 1. The monoisotopic (exact) mass is 265 g/mol. The average Bonchev–Trinajstić information content (AvgIpc) is 2.39. The Kier molecular flexibility index (Phi) is 6.26. The predicted octanol–water partition coefficient (Wildman–Crippen LogP) is 1.92. The summed E-state index contributed by atoms with van der Waals surface area (Å²) in [4.78, 5) is 0. The summed E-state index contributed by atoms with van der Waals surface area (Å²) in [5.74, 6) is 0.0223. The Morgan fingerprint density at radius 3 is 2.84 bits per heavy atom. The molecule has 0 aliphatic rings. The summed E-state index contributed by atoms with van der Waals surface area (Å²) in [6, 6.07) is 4.73. The molecule has 0 aliphatic carbocycles. The summed E-state index contributed by atoms with van der Waals surface area (Å²) in [6.07, 6.45) is 0.641. The number of nitrogens with one attached hydrogen (secondary N) is 1. The zero-order valence-electron chi connectivity index (χ0n) is 11.4. The summed E-state index contributed by atoms with van der Waals surface area (Å²) in [5, 5.41) is 12.2. The molecule has 104 valence electrons. The van der Waals surface area contributed by atoms with Crippen molar-refractivity contribution in [3.8, 4) is 11.8 Å². The lowest BCUT2D eigenvalue weighted by molar-refractivity contribution is 0.211. The van der Waals surface area contributed by atoms with Crippen LogP contribution >= 0.6 is 0 Å². The fourth-order valence-electron chi connectivity index (χ4n) is 1.77. The van der Waals surface area contributed by atoms with Gasteiger partial charge in [-0.15, -0.1) is 0 Å². The van der Waals surface area contributed by atoms with Gasteiger partial charge in [-0.1, -0.05) is 6.92 Å². The summed E-state index contributed by atoms with van der Waals surface area (Å²) in [7, 11) is 0. The lowest BCUT2D eigenvalue weighted by Crippen LogP contribution is -2.20. The highest BCUT2D eigenvalue weighted by Gasteiger charge is 2.15. The summed E-state index contributed by atoms with van der Waals surface area (Å²) < 4.78 is 19.4. The molecule has 1 atom stereocenters. The molecule has 0 aliphatic heterocycles. The van der Waals surface area contributed by atoms with Crippen molar-refractivity contribution >= 4 is 0 Å². The SMILES string of the molecule is CCNCc1c(O[C@@H](C)CCN)ccc(F)c1C#N. The normalized spacial score (nSPS) is 11.9. The highest BCUT2D eigenvalue weighted by Crippen LogP contribution is 2.26. The molecule has 1 aromatic carbocycles. The topological polar surface area (TPSA) is 71.1 Å². The van der Waals surface area contributed by atoms with Crippen molar-refractivity contribution in [1.82, 2.24) is 5.32 Å². The average molecular weight is 265 g/mol. The van der Waals surface area contributed by atoms with E-state index in [2.05, 4.69) is 5.32 Å². The molecule has 0 heterocycles. The van der Waals surface area contributed by atoms with Crippen LogP contribution in [0.3, 0.4) is 0 Å². The number of ether oxygens (including phenoxy) is 1. The number of halogens is 1. The molecule has 5 heteroatoms. The molecular weight excluding hydrogens is 245 g/mol. The number of nitrogens with zero attached hydrogens (tertiary/aromatic N) is 1. The van der Waals surface area contributed by atoms with Crippen LogP contribution in [0, 0.1) is 17.1 Å². The van der Waals surface area contributed by atoms with Crippen LogP contribution in [-0.4, -0.2) is 19.2 Å². The van der Waals surface area contributed by atoms with Gasteiger partial charge in [-0.25, -0.2) is 4.39 Å². The fourth-order valence-corrected chi connectivity index (χ4v) is 1.77. The van der Waals surface area contributed by atoms with E-state index in [1.165, 1.54) is 6.07 Å². The van der Waals surface area contributed by atoms with E-state index in [4.69, 9.17) is 15.7 Å². The largest absolute Gasteiger partial charge is 0.490 e. The minimum Gasteiger partial charge on any atom is -0.490 e. The van der Waals surface area contributed by atoms with Gasteiger partial charge in [-0.3, -0.25) is 0 Å². The second-order valence-electron chi connectivity index (χ2n) is 4.30. The standard InChI is InChI=1S/C14H20FN3O/c1-3-18-9-12-11(8-17)13(15)4-5-14(12)19-10(2)6-7-16/h4-5,10,18H,3,6-7,9,16H2,1-2H3/t10-/m0/s1. The molecule has 19 heavy (non-hydrogen) atoms. The quantitative estimate of drug-likeness (QED) is 0.790. The first-order chi connectivity index (χ1) is 9.13. The highest BCUT2D eigenvalue weighted by atomic mass is 19.1. The van der Waals surface area contributed by atoms with Crippen molar-refractivity contribution in [3.05, 3.63) is 29.1 Å². The third-order valence-corrected chi connectivity index (χ3v) is 2.78. The summed E-state index contributed by atoms with van der Waals surface area (Å²) in [6.45, 7) is 5.51. The molecule has 0 bridgehead atoms. The van der Waals surface area contributed by atoms with E-state index in [9.17, 15) is 4.39 Å². The molecule has 0 saturated carbocycles. The van der Waals surface area contributed by atoms with Crippen LogP contribution < -0.4 is 15.8 Å². The lowest BCUT2D eigenvalue weighted by atomic mass is 10.1. The molecule has 0 fully saturated rings. The van der Waals surface area contributed by atoms with Crippen molar-refractivity contribution in [2.24, 2.45) is 5.73 Å². The van der Waals surface area contributed by atoms with Crippen molar-refractivity contribution < 1.29 is 9.13 Å². The molecule has 3 N–H and O–H groups in total. The van der Waals surface area contributed by atoms with Gasteiger partial charge in [0.25, 0.3) is 0 Å². The molecule has 0 aromatic heterocycles.